The number of nitrogens with two attached hydrogens (primary N) is 2. The van der Waals surface area contributed by atoms with Gasteiger partial charge < -0.3 is 40.6 Å². The molecule has 152 valence electrons. The molecule has 0 aromatic heterocycles. The molecule has 2 atom stereocenters. The van der Waals surface area contributed by atoms with Gasteiger partial charge in [-0.05, 0) is 12.8 Å². The van der Waals surface area contributed by atoms with E-state index in [0.717, 1.165) is 12.8 Å². The summed E-state index contributed by atoms with van der Waals surface area (Å²) in [6.07, 6.45) is 2.24. The molecule has 3 fully saturated rings. The van der Waals surface area contributed by atoms with E-state index < -0.39 is 23.7 Å². The van der Waals surface area contributed by atoms with E-state index in [1.807, 2.05) is 13.8 Å². The Kier molecular flexibility index (Phi) is 5.70. The lowest BCUT2D eigenvalue weighted by Gasteiger charge is -2.57. The van der Waals surface area contributed by atoms with Gasteiger partial charge in [0.2, 0.25) is 0 Å². The van der Waals surface area contributed by atoms with E-state index >= 15 is 0 Å². The molecule has 2 saturated heterocycles. The zero-order valence-corrected chi connectivity index (χ0v) is 15.9. The first kappa shape index (κ1) is 20.4. The first-order chi connectivity index (χ1) is 12.3. The van der Waals surface area contributed by atoms with Gasteiger partial charge in [0, 0.05) is 23.7 Å². The van der Waals surface area contributed by atoms with Crippen molar-refractivity contribution in [2.75, 3.05) is 39.6 Å². The Bertz CT molecular complexity index is 430. The number of hydrogen-bond acceptors (Lipinski definition) is 8. The van der Waals surface area contributed by atoms with Crippen LogP contribution in [0.15, 0.2) is 0 Å². The van der Waals surface area contributed by atoms with Gasteiger partial charge >= 0.3 is 0 Å². The van der Waals surface area contributed by atoms with E-state index in [9.17, 15) is 10.2 Å². The third-order valence-corrected chi connectivity index (χ3v) is 6.80. The molecule has 2 heterocycles. The van der Waals surface area contributed by atoms with Gasteiger partial charge in [-0.15, -0.1) is 0 Å². The number of aliphatic hydroxyl groups is 2. The minimum atomic E-state index is -0.971. The van der Waals surface area contributed by atoms with Crippen LogP contribution in [0.1, 0.15) is 39.5 Å². The van der Waals surface area contributed by atoms with Crippen LogP contribution in [0.2, 0.25) is 0 Å². The first-order valence-corrected chi connectivity index (χ1v) is 9.61. The number of rotatable bonds is 4. The summed E-state index contributed by atoms with van der Waals surface area (Å²) >= 11 is 0. The van der Waals surface area contributed by atoms with Crippen molar-refractivity contribution in [3.8, 4) is 0 Å². The highest BCUT2D eigenvalue weighted by molar-refractivity contribution is 5.05. The predicted molar refractivity (Wildman–Crippen MR) is 94.1 cm³/mol. The fourth-order valence-corrected chi connectivity index (χ4v) is 3.97. The Morgan fingerprint density at radius 1 is 0.731 bits per heavy atom. The normalized spacial score (nSPS) is 49.6. The van der Waals surface area contributed by atoms with Crippen molar-refractivity contribution in [3.05, 3.63) is 0 Å². The summed E-state index contributed by atoms with van der Waals surface area (Å²) in [5, 5.41) is 19.3. The molecular formula is C18H34N2O6. The summed E-state index contributed by atoms with van der Waals surface area (Å²) in [4.78, 5) is 0. The van der Waals surface area contributed by atoms with E-state index in [1.54, 1.807) is 0 Å². The van der Waals surface area contributed by atoms with Crippen LogP contribution in [0, 0.1) is 10.8 Å². The Labute approximate surface area is 155 Å². The second-order valence-electron chi connectivity index (χ2n) is 8.42. The average molecular weight is 374 g/mol. The molecule has 3 aliphatic rings. The van der Waals surface area contributed by atoms with Crippen LogP contribution in [0.3, 0.4) is 0 Å². The Morgan fingerprint density at radius 2 is 1.04 bits per heavy atom. The van der Waals surface area contributed by atoms with Crippen molar-refractivity contribution in [1.29, 1.82) is 0 Å². The van der Waals surface area contributed by atoms with Gasteiger partial charge in [0.05, 0.1) is 51.7 Å². The standard InChI is InChI=1S/C18H34N2O6/c1-3-15(7-21)9-23-17(24-10-15)5-14(20)18(6-13(17)19)25-11-16(4-2,8-22)12-26-18/h13-14,21-22H,3-12,19-20H2,1-2H3. The lowest BCUT2D eigenvalue weighted by molar-refractivity contribution is -0.380. The van der Waals surface area contributed by atoms with Gasteiger partial charge in [-0.1, -0.05) is 13.8 Å². The molecule has 0 aromatic rings. The third-order valence-electron chi connectivity index (χ3n) is 6.80. The number of hydrogen-bond donors (Lipinski definition) is 4. The van der Waals surface area contributed by atoms with E-state index in [1.165, 1.54) is 0 Å². The van der Waals surface area contributed by atoms with Crippen molar-refractivity contribution in [1.82, 2.24) is 0 Å². The van der Waals surface area contributed by atoms with Crippen molar-refractivity contribution >= 4 is 0 Å². The van der Waals surface area contributed by atoms with Gasteiger partial charge in [0.1, 0.15) is 0 Å². The number of ether oxygens (including phenoxy) is 4. The molecule has 8 heteroatoms. The Morgan fingerprint density at radius 3 is 1.27 bits per heavy atom. The molecule has 0 bridgehead atoms. The summed E-state index contributed by atoms with van der Waals surface area (Å²) in [5.74, 6) is -1.94. The van der Waals surface area contributed by atoms with Gasteiger partial charge in [-0.2, -0.15) is 0 Å². The maximum Gasteiger partial charge on any atom is 0.185 e. The minimum Gasteiger partial charge on any atom is -0.396 e. The fourth-order valence-electron chi connectivity index (χ4n) is 3.97. The highest BCUT2D eigenvalue weighted by Crippen LogP contribution is 2.46. The van der Waals surface area contributed by atoms with Crippen LogP contribution in [0.5, 0.6) is 0 Å². The monoisotopic (exact) mass is 374 g/mol. The van der Waals surface area contributed by atoms with Crippen molar-refractivity contribution < 1.29 is 29.2 Å². The van der Waals surface area contributed by atoms with Gasteiger partial charge in [-0.25, -0.2) is 0 Å². The van der Waals surface area contributed by atoms with Crippen LogP contribution in [0.4, 0.5) is 0 Å². The highest BCUT2D eigenvalue weighted by Gasteiger charge is 2.60. The van der Waals surface area contributed by atoms with Crippen molar-refractivity contribution in [3.63, 3.8) is 0 Å². The summed E-state index contributed by atoms with van der Waals surface area (Å²) in [6, 6.07) is -0.918. The second kappa shape index (κ2) is 7.25. The Balaban J connectivity index is 1.69. The van der Waals surface area contributed by atoms with E-state index in [2.05, 4.69) is 0 Å². The third kappa shape index (κ3) is 3.20. The molecule has 0 aromatic carbocycles. The van der Waals surface area contributed by atoms with Crippen molar-refractivity contribution in [2.24, 2.45) is 22.3 Å². The lowest BCUT2D eigenvalue weighted by atomic mass is 9.77. The molecule has 0 radical (unpaired) electrons. The summed E-state index contributed by atoms with van der Waals surface area (Å²) in [5.41, 5.74) is 12.1. The van der Waals surface area contributed by atoms with E-state index in [0.29, 0.717) is 39.3 Å². The van der Waals surface area contributed by atoms with Crippen LogP contribution in [-0.2, 0) is 18.9 Å². The van der Waals surface area contributed by atoms with E-state index in [-0.39, 0.29) is 24.0 Å². The van der Waals surface area contributed by atoms with Crippen LogP contribution < -0.4 is 11.5 Å². The molecule has 1 saturated carbocycles. The average Bonchev–Trinajstić information content (AvgIpc) is 2.68. The molecule has 3 rings (SSSR count). The molecular weight excluding hydrogens is 340 g/mol. The second-order valence-corrected chi connectivity index (χ2v) is 8.42. The van der Waals surface area contributed by atoms with Gasteiger partial charge in [-0.3, -0.25) is 0 Å². The molecule has 2 spiro atoms. The maximum absolute atomic E-state index is 9.66. The molecule has 6 N–H and O–H groups in total. The quantitative estimate of drug-likeness (QED) is 0.528. The molecule has 1 aliphatic carbocycles. The smallest absolute Gasteiger partial charge is 0.185 e. The zero-order valence-electron chi connectivity index (χ0n) is 15.9. The fraction of sp³-hybridized carbons (Fsp3) is 1.00. The molecule has 0 amide bonds. The van der Waals surface area contributed by atoms with E-state index in [4.69, 9.17) is 30.4 Å². The molecule has 2 aliphatic heterocycles. The largest absolute Gasteiger partial charge is 0.396 e. The van der Waals surface area contributed by atoms with Crippen molar-refractivity contribution in [2.45, 2.75) is 63.2 Å². The summed E-state index contributed by atoms with van der Waals surface area (Å²) < 4.78 is 24.3. The lowest BCUT2D eigenvalue weighted by Crippen LogP contribution is -2.72. The maximum atomic E-state index is 9.66. The van der Waals surface area contributed by atoms with Crippen LogP contribution in [0.25, 0.3) is 0 Å². The van der Waals surface area contributed by atoms with Crippen LogP contribution in [-0.4, -0.2) is 73.5 Å². The molecule has 26 heavy (non-hydrogen) atoms. The number of aliphatic hydroxyl groups excluding tert-OH is 2. The predicted octanol–water partition coefficient (Wildman–Crippen LogP) is -0.302. The van der Waals surface area contributed by atoms with Crippen LogP contribution >= 0.6 is 0 Å². The summed E-state index contributed by atoms with van der Waals surface area (Å²) in [6.45, 7) is 5.59. The Hall–Kier alpha value is -0.320. The van der Waals surface area contributed by atoms with Gasteiger partial charge in [0.25, 0.3) is 0 Å². The highest BCUT2D eigenvalue weighted by atomic mass is 16.7. The SMILES string of the molecule is CCC1(CO)COC2(CC(N)C3(CC2N)OCC(CC)(CO)CO3)OC1. The first-order valence-electron chi connectivity index (χ1n) is 9.61. The summed E-state index contributed by atoms with van der Waals surface area (Å²) in [7, 11) is 0. The van der Waals surface area contributed by atoms with Gasteiger partial charge in [0.15, 0.2) is 11.6 Å². The minimum absolute atomic E-state index is 0.0112. The zero-order chi connectivity index (χ0) is 19.1. The molecule has 8 nitrogen and oxygen atoms in total. The topological polar surface area (TPSA) is 129 Å². The molecule has 2 unspecified atom stereocenters.